The van der Waals surface area contributed by atoms with Gasteiger partial charge < -0.3 is 4.90 Å². The van der Waals surface area contributed by atoms with Gasteiger partial charge in [-0.2, -0.15) is 8.78 Å². The van der Waals surface area contributed by atoms with Gasteiger partial charge in [0, 0.05) is 18.3 Å². The van der Waals surface area contributed by atoms with E-state index < -0.39 is 15.6 Å². The van der Waals surface area contributed by atoms with Crippen molar-refractivity contribution < 1.29 is 17.2 Å². The van der Waals surface area contributed by atoms with Gasteiger partial charge >= 0.3 is 5.76 Å². The van der Waals surface area contributed by atoms with Gasteiger partial charge in [0.15, 0.2) is 0 Å². The van der Waals surface area contributed by atoms with Gasteiger partial charge in [-0.1, -0.05) is 30.3 Å². The molecule has 122 valence electrons. The summed E-state index contributed by atoms with van der Waals surface area (Å²) in [6.07, 6.45) is 2.17. The summed E-state index contributed by atoms with van der Waals surface area (Å²) >= 11 is 0. The molecule has 0 spiro atoms. The Morgan fingerprint density at radius 2 is 1.61 bits per heavy atom. The van der Waals surface area contributed by atoms with Crippen molar-refractivity contribution >= 4 is 15.5 Å². The van der Waals surface area contributed by atoms with Gasteiger partial charge in [0.05, 0.1) is 4.90 Å². The maximum Gasteiger partial charge on any atom is 0.341 e. The van der Waals surface area contributed by atoms with Crippen molar-refractivity contribution in [1.29, 1.82) is 0 Å². The summed E-state index contributed by atoms with van der Waals surface area (Å²) < 4.78 is 48.1. The van der Waals surface area contributed by atoms with Gasteiger partial charge in [-0.15, -0.1) is 0 Å². The summed E-state index contributed by atoms with van der Waals surface area (Å²) in [7, 11) is -4.53. The predicted molar refractivity (Wildman–Crippen MR) is 85.3 cm³/mol. The maximum atomic E-state index is 12.6. The summed E-state index contributed by atoms with van der Waals surface area (Å²) in [5.74, 6) is -3.39. The number of halogens is 2. The summed E-state index contributed by atoms with van der Waals surface area (Å²) in [4.78, 5) is 1.85. The molecule has 3 nitrogen and oxygen atoms in total. The summed E-state index contributed by atoms with van der Waals surface area (Å²) in [5, 5.41) is 0. The van der Waals surface area contributed by atoms with E-state index in [1.54, 1.807) is 12.1 Å². The van der Waals surface area contributed by atoms with Crippen LogP contribution >= 0.6 is 0 Å². The van der Waals surface area contributed by atoms with Crippen LogP contribution in [0.1, 0.15) is 18.4 Å². The number of hydrogen-bond donors (Lipinski definition) is 0. The predicted octanol–water partition coefficient (Wildman–Crippen LogP) is 3.85. The third-order valence-corrected chi connectivity index (χ3v) is 5.31. The quantitative estimate of drug-likeness (QED) is 0.803. The number of nitrogens with zero attached hydrogens (tertiary/aromatic N) is 1. The van der Waals surface area contributed by atoms with Crippen LogP contribution in [-0.4, -0.2) is 20.2 Å². The Labute approximate surface area is 134 Å². The summed E-state index contributed by atoms with van der Waals surface area (Å²) in [5.41, 5.74) is 2.01. The van der Waals surface area contributed by atoms with Crippen molar-refractivity contribution in [3.8, 4) is 0 Å². The van der Waals surface area contributed by atoms with Crippen LogP contribution in [0.15, 0.2) is 59.5 Å². The minimum atomic E-state index is -4.53. The van der Waals surface area contributed by atoms with Crippen LogP contribution in [-0.2, 0) is 16.4 Å². The van der Waals surface area contributed by atoms with Crippen molar-refractivity contribution in [3.63, 3.8) is 0 Å². The normalized spacial score (nSPS) is 14.9. The molecule has 0 bridgehead atoms. The standard InChI is InChI=1S/C17H17F2NO2S/c18-17(19)23(21,22)16-10-8-15(9-11-16)20(14-6-7-14)12-13-4-2-1-3-5-13/h1-5,8-11,14,17H,6-7,12H2. The Morgan fingerprint density at radius 1 is 1.00 bits per heavy atom. The molecular formula is C17H17F2NO2S. The molecule has 2 aromatic carbocycles. The highest BCUT2D eigenvalue weighted by molar-refractivity contribution is 7.91. The van der Waals surface area contributed by atoms with E-state index in [4.69, 9.17) is 0 Å². The molecule has 0 aliphatic heterocycles. The van der Waals surface area contributed by atoms with Crippen molar-refractivity contribution in [1.82, 2.24) is 0 Å². The molecule has 0 atom stereocenters. The number of hydrogen-bond acceptors (Lipinski definition) is 3. The van der Waals surface area contributed by atoms with Gasteiger partial charge in [0.2, 0.25) is 9.84 Å². The number of anilines is 1. The second-order valence-corrected chi connectivity index (χ2v) is 7.56. The molecule has 1 aliphatic rings. The highest BCUT2D eigenvalue weighted by Gasteiger charge is 2.30. The van der Waals surface area contributed by atoms with E-state index in [0.29, 0.717) is 12.6 Å². The number of alkyl halides is 2. The molecule has 1 saturated carbocycles. The highest BCUT2D eigenvalue weighted by Crippen LogP contribution is 2.33. The molecule has 1 fully saturated rings. The smallest absolute Gasteiger partial charge is 0.341 e. The van der Waals surface area contributed by atoms with Gasteiger partial charge in [0.25, 0.3) is 0 Å². The first-order chi connectivity index (χ1) is 11.0. The Bertz CT molecular complexity index is 757. The third-order valence-electron chi connectivity index (χ3n) is 3.91. The summed E-state index contributed by atoms with van der Waals surface area (Å²) in [6, 6.07) is 16.1. The molecule has 1 aliphatic carbocycles. The molecule has 0 N–H and O–H groups in total. The Kier molecular flexibility index (Phi) is 4.35. The van der Waals surface area contributed by atoms with Gasteiger partial charge in [-0.05, 0) is 42.7 Å². The zero-order chi connectivity index (χ0) is 16.4. The molecule has 0 heterocycles. The molecule has 0 amide bonds. The average Bonchev–Trinajstić information content (AvgIpc) is 3.38. The highest BCUT2D eigenvalue weighted by atomic mass is 32.2. The van der Waals surface area contributed by atoms with Crippen LogP contribution in [0.25, 0.3) is 0 Å². The first-order valence-corrected chi connectivity index (χ1v) is 8.96. The summed E-state index contributed by atoms with van der Waals surface area (Å²) in [6.45, 7) is 0.715. The molecule has 0 radical (unpaired) electrons. The van der Waals surface area contributed by atoms with E-state index in [2.05, 4.69) is 4.90 Å². The van der Waals surface area contributed by atoms with Gasteiger partial charge in [-0.3, -0.25) is 0 Å². The minimum Gasteiger partial charge on any atom is -0.364 e. The Morgan fingerprint density at radius 3 is 2.13 bits per heavy atom. The zero-order valence-electron chi connectivity index (χ0n) is 12.4. The largest absolute Gasteiger partial charge is 0.364 e. The van der Waals surface area contributed by atoms with Crippen molar-refractivity contribution in [2.75, 3.05) is 4.90 Å². The lowest BCUT2D eigenvalue weighted by Gasteiger charge is -2.25. The van der Waals surface area contributed by atoms with Gasteiger partial charge in [-0.25, -0.2) is 8.42 Å². The van der Waals surface area contributed by atoms with Crippen LogP contribution in [0.5, 0.6) is 0 Å². The van der Waals surface area contributed by atoms with E-state index >= 15 is 0 Å². The average molecular weight is 337 g/mol. The zero-order valence-corrected chi connectivity index (χ0v) is 13.2. The lowest BCUT2D eigenvalue weighted by molar-refractivity contribution is 0.234. The van der Waals surface area contributed by atoms with Crippen LogP contribution < -0.4 is 4.90 Å². The lowest BCUT2D eigenvalue weighted by atomic mass is 10.2. The Balaban J connectivity index is 1.84. The Hall–Kier alpha value is -1.95. The molecule has 6 heteroatoms. The van der Waals surface area contributed by atoms with Crippen LogP contribution in [0.2, 0.25) is 0 Å². The fourth-order valence-electron chi connectivity index (χ4n) is 2.53. The molecule has 0 aromatic heterocycles. The number of benzene rings is 2. The van der Waals surface area contributed by atoms with E-state index in [0.717, 1.165) is 24.1 Å². The molecule has 0 unspecified atom stereocenters. The monoisotopic (exact) mass is 337 g/mol. The number of rotatable bonds is 6. The van der Waals surface area contributed by atoms with Crippen LogP contribution in [0.3, 0.4) is 0 Å². The number of sulfone groups is 1. The lowest BCUT2D eigenvalue weighted by Crippen LogP contribution is -2.25. The maximum absolute atomic E-state index is 12.6. The van der Waals surface area contributed by atoms with Crippen molar-refractivity contribution in [2.45, 2.75) is 36.1 Å². The fraction of sp³-hybridized carbons (Fsp3) is 0.294. The molecule has 0 saturated heterocycles. The fourth-order valence-corrected chi connectivity index (χ4v) is 3.25. The first kappa shape index (κ1) is 15.9. The molecule has 2 aromatic rings. The second kappa shape index (κ2) is 6.28. The van der Waals surface area contributed by atoms with E-state index in [-0.39, 0.29) is 4.90 Å². The van der Waals surface area contributed by atoms with Crippen molar-refractivity contribution in [3.05, 3.63) is 60.2 Å². The third kappa shape index (κ3) is 3.52. The first-order valence-electron chi connectivity index (χ1n) is 7.41. The van der Waals surface area contributed by atoms with E-state index in [9.17, 15) is 17.2 Å². The topological polar surface area (TPSA) is 37.4 Å². The molecule has 23 heavy (non-hydrogen) atoms. The van der Waals surface area contributed by atoms with E-state index in [1.165, 1.54) is 12.1 Å². The van der Waals surface area contributed by atoms with Crippen LogP contribution in [0.4, 0.5) is 14.5 Å². The van der Waals surface area contributed by atoms with Gasteiger partial charge in [0.1, 0.15) is 0 Å². The molecule has 3 rings (SSSR count). The SMILES string of the molecule is O=S(=O)(c1ccc(N(Cc2ccccc2)C2CC2)cc1)C(F)F. The van der Waals surface area contributed by atoms with Crippen LogP contribution in [0, 0.1) is 0 Å². The minimum absolute atomic E-state index is 0.341. The second-order valence-electron chi connectivity index (χ2n) is 5.64. The van der Waals surface area contributed by atoms with E-state index in [1.807, 2.05) is 30.3 Å². The molecular weight excluding hydrogens is 320 g/mol. The van der Waals surface area contributed by atoms with Crippen molar-refractivity contribution in [2.24, 2.45) is 0 Å².